The first-order valence-electron chi connectivity index (χ1n) is 8.99. The molecule has 0 bridgehead atoms. The number of aromatic nitrogens is 4. The van der Waals surface area contributed by atoms with Crippen molar-refractivity contribution in [2.24, 2.45) is 0 Å². The molecule has 0 saturated carbocycles. The summed E-state index contributed by atoms with van der Waals surface area (Å²) >= 11 is 0. The summed E-state index contributed by atoms with van der Waals surface area (Å²) in [4.78, 5) is 23.3. The maximum absolute atomic E-state index is 13.4. The van der Waals surface area contributed by atoms with Gasteiger partial charge in [-0.05, 0) is 49.6 Å². The Morgan fingerprint density at radius 1 is 1.15 bits per heavy atom. The molecule has 1 aliphatic rings. The quantitative estimate of drug-likeness (QED) is 0.715. The van der Waals surface area contributed by atoms with Gasteiger partial charge in [0.05, 0.1) is 11.4 Å². The summed E-state index contributed by atoms with van der Waals surface area (Å²) < 4.78 is 15.0. The van der Waals surface area contributed by atoms with Gasteiger partial charge in [0.1, 0.15) is 6.17 Å². The van der Waals surface area contributed by atoms with Gasteiger partial charge < -0.3 is 4.90 Å². The third-order valence-corrected chi connectivity index (χ3v) is 4.68. The van der Waals surface area contributed by atoms with Crippen LogP contribution in [0.4, 0.5) is 4.39 Å². The molecule has 0 spiro atoms. The second-order valence-corrected chi connectivity index (χ2v) is 6.70. The van der Waals surface area contributed by atoms with E-state index in [4.69, 9.17) is 0 Å². The van der Waals surface area contributed by atoms with Crippen molar-refractivity contribution in [3.63, 3.8) is 0 Å². The van der Waals surface area contributed by atoms with Crippen LogP contribution in [0.1, 0.15) is 28.9 Å². The maximum Gasteiger partial charge on any atom is 0.274 e. The van der Waals surface area contributed by atoms with E-state index in [0.29, 0.717) is 48.8 Å². The molecule has 0 radical (unpaired) electrons. The minimum atomic E-state index is -0.826. The van der Waals surface area contributed by atoms with E-state index in [2.05, 4.69) is 15.1 Å². The third-order valence-electron chi connectivity index (χ3n) is 4.68. The SMILES string of the molecule is Cc1ccc(-c2cc(C(=O)N3CCC(F)CC3)nn2-c2ccccn2)nc1. The van der Waals surface area contributed by atoms with Gasteiger partial charge in [0.25, 0.3) is 5.91 Å². The minimum Gasteiger partial charge on any atom is -0.337 e. The highest BCUT2D eigenvalue weighted by atomic mass is 19.1. The summed E-state index contributed by atoms with van der Waals surface area (Å²) in [6.45, 7) is 2.79. The molecule has 7 heteroatoms. The fourth-order valence-corrected chi connectivity index (χ4v) is 3.15. The number of amides is 1. The van der Waals surface area contributed by atoms with Gasteiger partial charge in [-0.15, -0.1) is 0 Å². The van der Waals surface area contributed by atoms with Crippen molar-refractivity contribution in [2.75, 3.05) is 13.1 Å². The topological polar surface area (TPSA) is 63.9 Å². The highest BCUT2D eigenvalue weighted by Crippen LogP contribution is 2.23. The van der Waals surface area contributed by atoms with Gasteiger partial charge in [0.15, 0.2) is 11.5 Å². The van der Waals surface area contributed by atoms with Crippen LogP contribution >= 0.6 is 0 Å². The number of hydrogen-bond donors (Lipinski definition) is 0. The van der Waals surface area contributed by atoms with Crippen LogP contribution < -0.4 is 0 Å². The first kappa shape index (κ1) is 17.3. The Bertz CT molecular complexity index is 931. The number of nitrogens with zero attached hydrogens (tertiary/aromatic N) is 5. The van der Waals surface area contributed by atoms with Crippen LogP contribution in [-0.2, 0) is 0 Å². The highest BCUT2D eigenvalue weighted by molar-refractivity contribution is 5.93. The zero-order valence-corrected chi connectivity index (χ0v) is 15.0. The molecule has 1 amide bonds. The number of aryl methyl sites for hydroxylation is 1. The van der Waals surface area contributed by atoms with Gasteiger partial charge in [-0.25, -0.2) is 14.1 Å². The number of hydrogen-bond acceptors (Lipinski definition) is 4. The minimum absolute atomic E-state index is 0.190. The van der Waals surface area contributed by atoms with E-state index < -0.39 is 6.17 Å². The van der Waals surface area contributed by atoms with Crippen LogP contribution in [0.3, 0.4) is 0 Å². The molecule has 138 valence electrons. The number of carbonyl (C=O) groups is 1. The van der Waals surface area contributed by atoms with Crippen LogP contribution in [-0.4, -0.2) is 49.8 Å². The second kappa shape index (κ2) is 7.26. The second-order valence-electron chi connectivity index (χ2n) is 6.70. The van der Waals surface area contributed by atoms with Crippen molar-refractivity contribution in [3.05, 3.63) is 60.0 Å². The summed E-state index contributed by atoms with van der Waals surface area (Å²) in [7, 11) is 0. The molecular weight excluding hydrogens is 345 g/mol. The lowest BCUT2D eigenvalue weighted by molar-refractivity contribution is 0.0660. The fraction of sp³-hybridized carbons (Fsp3) is 0.300. The Hall–Kier alpha value is -3.09. The number of rotatable bonds is 3. The molecule has 1 saturated heterocycles. The Morgan fingerprint density at radius 3 is 2.63 bits per heavy atom. The summed E-state index contributed by atoms with van der Waals surface area (Å²) in [5.41, 5.74) is 2.76. The zero-order valence-electron chi connectivity index (χ0n) is 15.0. The fourth-order valence-electron chi connectivity index (χ4n) is 3.15. The smallest absolute Gasteiger partial charge is 0.274 e. The molecule has 1 fully saturated rings. The van der Waals surface area contributed by atoms with E-state index in [-0.39, 0.29) is 5.91 Å². The Labute approximate surface area is 156 Å². The van der Waals surface area contributed by atoms with E-state index in [1.807, 2.05) is 37.3 Å². The third kappa shape index (κ3) is 3.58. The molecule has 0 aromatic carbocycles. The number of piperidine rings is 1. The lowest BCUT2D eigenvalue weighted by Crippen LogP contribution is -2.39. The molecule has 3 aromatic heterocycles. The summed E-state index contributed by atoms with van der Waals surface area (Å²) in [6.07, 6.45) is 3.38. The van der Waals surface area contributed by atoms with Crippen LogP contribution in [0.25, 0.3) is 17.2 Å². The number of alkyl halides is 1. The normalized spacial score (nSPS) is 15.1. The van der Waals surface area contributed by atoms with Crippen LogP contribution in [0.15, 0.2) is 48.8 Å². The van der Waals surface area contributed by atoms with Crippen LogP contribution in [0.2, 0.25) is 0 Å². The van der Waals surface area contributed by atoms with Gasteiger partial charge in [-0.2, -0.15) is 5.10 Å². The molecule has 0 N–H and O–H groups in total. The molecule has 6 nitrogen and oxygen atoms in total. The average Bonchev–Trinajstić information content (AvgIpc) is 3.15. The summed E-state index contributed by atoms with van der Waals surface area (Å²) in [6, 6.07) is 11.1. The van der Waals surface area contributed by atoms with Crippen LogP contribution in [0.5, 0.6) is 0 Å². The number of carbonyl (C=O) groups excluding carboxylic acids is 1. The first-order valence-corrected chi connectivity index (χ1v) is 8.99. The molecule has 0 unspecified atom stereocenters. The maximum atomic E-state index is 13.4. The van der Waals surface area contributed by atoms with Crippen molar-refractivity contribution in [2.45, 2.75) is 25.9 Å². The zero-order chi connectivity index (χ0) is 18.8. The van der Waals surface area contributed by atoms with Crippen molar-refractivity contribution < 1.29 is 9.18 Å². The Balaban J connectivity index is 1.73. The molecule has 3 aromatic rings. The van der Waals surface area contributed by atoms with Crippen molar-refractivity contribution in [1.29, 1.82) is 0 Å². The number of pyridine rings is 2. The predicted octanol–water partition coefficient (Wildman–Crippen LogP) is 3.21. The lowest BCUT2D eigenvalue weighted by atomic mass is 10.1. The average molecular weight is 365 g/mol. The Morgan fingerprint density at radius 2 is 1.96 bits per heavy atom. The lowest BCUT2D eigenvalue weighted by Gasteiger charge is -2.27. The highest BCUT2D eigenvalue weighted by Gasteiger charge is 2.26. The molecular formula is C20H20FN5O. The first-order chi connectivity index (χ1) is 13.1. The van der Waals surface area contributed by atoms with Crippen molar-refractivity contribution in [3.8, 4) is 17.2 Å². The van der Waals surface area contributed by atoms with Gasteiger partial charge in [-0.1, -0.05) is 12.1 Å². The van der Waals surface area contributed by atoms with Crippen molar-refractivity contribution in [1.82, 2.24) is 24.6 Å². The molecule has 4 rings (SSSR count). The number of halogens is 1. The Kier molecular flexibility index (Phi) is 4.66. The van der Waals surface area contributed by atoms with Gasteiger partial charge in [-0.3, -0.25) is 9.78 Å². The van der Waals surface area contributed by atoms with E-state index in [9.17, 15) is 9.18 Å². The van der Waals surface area contributed by atoms with Gasteiger partial charge in [0.2, 0.25) is 0 Å². The standard InChI is InChI=1S/C20H20FN5O/c1-14-5-6-16(23-13-14)18-12-17(20(27)25-10-7-15(21)8-11-25)24-26(18)19-4-2-3-9-22-19/h2-6,9,12-13,15H,7-8,10-11H2,1H3. The monoisotopic (exact) mass is 365 g/mol. The molecule has 1 aliphatic heterocycles. The van der Waals surface area contributed by atoms with E-state index in [0.717, 1.165) is 5.56 Å². The van der Waals surface area contributed by atoms with E-state index in [1.54, 1.807) is 28.0 Å². The molecule has 4 heterocycles. The predicted molar refractivity (Wildman–Crippen MR) is 99.4 cm³/mol. The molecule has 27 heavy (non-hydrogen) atoms. The van der Waals surface area contributed by atoms with Crippen molar-refractivity contribution >= 4 is 5.91 Å². The summed E-state index contributed by atoms with van der Waals surface area (Å²) in [5, 5.41) is 4.50. The largest absolute Gasteiger partial charge is 0.337 e. The van der Waals surface area contributed by atoms with Crippen LogP contribution in [0, 0.1) is 6.92 Å². The number of likely N-dealkylation sites (tertiary alicyclic amines) is 1. The molecule has 0 atom stereocenters. The van der Waals surface area contributed by atoms with Gasteiger partial charge in [0, 0.05) is 25.5 Å². The van der Waals surface area contributed by atoms with E-state index in [1.165, 1.54) is 0 Å². The molecule has 0 aliphatic carbocycles. The van der Waals surface area contributed by atoms with Gasteiger partial charge >= 0.3 is 0 Å². The van der Waals surface area contributed by atoms with E-state index >= 15 is 0 Å². The summed E-state index contributed by atoms with van der Waals surface area (Å²) in [5.74, 6) is 0.418.